The van der Waals surface area contributed by atoms with E-state index in [4.69, 9.17) is 0 Å². The molecule has 1 unspecified atom stereocenters. The molecule has 0 aliphatic carbocycles. The van der Waals surface area contributed by atoms with Crippen molar-refractivity contribution in [1.82, 2.24) is 10.6 Å². The van der Waals surface area contributed by atoms with Gasteiger partial charge in [0.15, 0.2) is 0 Å². The molecule has 106 valence electrons. The van der Waals surface area contributed by atoms with Crippen LogP contribution in [0.1, 0.15) is 38.7 Å². The van der Waals surface area contributed by atoms with E-state index in [1.165, 1.54) is 5.56 Å². The molecule has 0 heterocycles. The smallest absolute Gasteiger partial charge is 0.221 e. The minimum atomic E-state index is 0.143. The highest BCUT2D eigenvalue weighted by molar-refractivity contribution is 5.76. The van der Waals surface area contributed by atoms with Crippen molar-refractivity contribution in [1.29, 1.82) is 0 Å². The normalized spacial score (nSPS) is 12.1. The summed E-state index contributed by atoms with van der Waals surface area (Å²) in [5.41, 5.74) is 1.37. The van der Waals surface area contributed by atoms with Gasteiger partial charge in [-0.1, -0.05) is 37.3 Å². The predicted molar refractivity (Wildman–Crippen MR) is 80.1 cm³/mol. The standard InChI is InChI=1S/C16H26N2O/c1-3-14(2)18-16(19)11-13-17-12-7-10-15-8-5-4-6-9-15/h4-6,8-9,14,17H,3,7,10-13H2,1-2H3,(H,18,19). The van der Waals surface area contributed by atoms with Crippen LogP contribution in [0.2, 0.25) is 0 Å². The van der Waals surface area contributed by atoms with Crippen LogP contribution in [0.5, 0.6) is 0 Å². The van der Waals surface area contributed by atoms with Gasteiger partial charge < -0.3 is 10.6 Å². The van der Waals surface area contributed by atoms with Crippen molar-refractivity contribution in [3.8, 4) is 0 Å². The van der Waals surface area contributed by atoms with Crippen LogP contribution in [0.25, 0.3) is 0 Å². The van der Waals surface area contributed by atoms with Crippen LogP contribution >= 0.6 is 0 Å². The first kappa shape index (κ1) is 15.7. The van der Waals surface area contributed by atoms with Crippen molar-refractivity contribution in [2.75, 3.05) is 13.1 Å². The van der Waals surface area contributed by atoms with Gasteiger partial charge in [-0.3, -0.25) is 4.79 Å². The number of rotatable bonds is 9. The lowest BCUT2D eigenvalue weighted by atomic mass is 10.1. The van der Waals surface area contributed by atoms with E-state index in [0.29, 0.717) is 6.42 Å². The summed E-state index contributed by atoms with van der Waals surface area (Å²) in [6.45, 7) is 5.83. The molecule has 0 radical (unpaired) electrons. The Kier molecular flexibility index (Phi) is 7.91. The lowest BCUT2D eigenvalue weighted by Crippen LogP contribution is -2.34. The Hall–Kier alpha value is -1.35. The fourth-order valence-electron chi connectivity index (χ4n) is 1.84. The summed E-state index contributed by atoms with van der Waals surface area (Å²) in [5.74, 6) is 0.143. The van der Waals surface area contributed by atoms with Crippen molar-refractivity contribution in [2.24, 2.45) is 0 Å². The molecule has 0 aromatic heterocycles. The lowest BCUT2D eigenvalue weighted by Gasteiger charge is -2.11. The lowest BCUT2D eigenvalue weighted by molar-refractivity contribution is -0.121. The molecule has 19 heavy (non-hydrogen) atoms. The monoisotopic (exact) mass is 262 g/mol. The number of carbonyl (C=O) groups is 1. The van der Waals surface area contributed by atoms with Gasteiger partial charge in [0.2, 0.25) is 5.91 Å². The van der Waals surface area contributed by atoms with E-state index in [0.717, 1.165) is 32.4 Å². The van der Waals surface area contributed by atoms with Gasteiger partial charge in [0.1, 0.15) is 0 Å². The average Bonchev–Trinajstić information content (AvgIpc) is 2.43. The van der Waals surface area contributed by atoms with Crippen molar-refractivity contribution in [2.45, 2.75) is 45.6 Å². The molecule has 1 amide bonds. The summed E-state index contributed by atoms with van der Waals surface area (Å²) in [6.07, 6.45) is 3.75. The number of hydrogen-bond donors (Lipinski definition) is 2. The highest BCUT2D eigenvalue weighted by Gasteiger charge is 2.04. The van der Waals surface area contributed by atoms with Gasteiger partial charge in [-0.25, -0.2) is 0 Å². The zero-order valence-electron chi connectivity index (χ0n) is 12.1. The van der Waals surface area contributed by atoms with Gasteiger partial charge in [0.25, 0.3) is 0 Å². The molecule has 1 atom stereocenters. The summed E-state index contributed by atoms with van der Waals surface area (Å²) >= 11 is 0. The van der Waals surface area contributed by atoms with E-state index in [2.05, 4.69) is 41.8 Å². The van der Waals surface area contributed by atoms with E-state index in [1.807, 2.05) is 13.0 Å². The van der Waals surface area contributed by atoms with Gasteiger partial charge in [0.05, 0.1) is 0 Å². The van der Waals surface area contributed by atoms with E-state index >= 15 is 0 Å². The third kappa shape index (κ3) is 7.62. The van der Waals surface area contributed by atoms with Crippen LogP contribution in [-0.2, 0) is 11.2 Å². The number of benzene rings is 1. The van der Waals surface area contributed by atoms with Crippen LogP contribution in [0, 0.1) is 0 Å². The van der Waals surface area contributed by atoms with Crippen LogP contribution in [0.4, 0.5) is 0 Å². The van der Waals surface area contributed by atoms with Gasteiger partial charge in [-0.05, 0) is 38.3 Å². The maximum absolute atomic E-state index is 11.5. The van der Waals surface area contributed by atoms with Crippen LogP contribution in [-0.4, -0.2) is 25.0 Å². The quantitative estimate of drug-likeness (QED) is 0.671. The molecule has 3 nitrogen and oxygen atoms in total. The molecular weight excluding hydrogens is 236 g/mol. The zero-order valence-corrected chi connectivity index (χ0v) is 12.1. The Labute approximate surface area is 116 Å². The van der Waals surface area contributed by atoms with Gasteiger partial charge in [0, 0.05) is 19.0 Å². The summed E-state index contributed by atoms with van der Waals surface area (Å²) in [6, 6.07) is 10.8. The van der Waals surface area contributed by atoms with Crippen LogP contribution in [0.3, 0.4) is 0 Å². The Morgan fingerprint density at radius 2 is 1.95 bits per heavy atom. The van der Waals surface area contributed by atoms with Crippen molar-refractivity contribution in [3.05, 3.63) is 35.9 Å². The number of amides is 1. The number of hydrogen-bond acceptors (Lipinski definition) is 2. The molecule has 1 aromatic rings. The van der Waals surface area contributed by atoms with Crippen molar-refractivity contribution >= 4 is 5.91 Å². The van der Waals surface area contributed by atoms with E-state index in [1.54, 1.807) is 0 Å². The second kappa shape index (κ2) is 9.56. The Morgan fingerprint density at radius 3 is 2.63 bits per heavy atom. The molecule has 0 saturated heterocycles. The van der Waals surface area contributed by atoms with Gasteiger partial charge >= 0.3 is 0 Å². The Bertz CT molecular complexity index is 351. The summed E-state index contributed by atoms with van der Waals surface area (Å²) < 4.78 is 0. The molecule has 1 aromatic carbocycles. The molecule has 0 aliphatic heterocycles. The first-order valence-electron chi connectivity index (χ1n) is 7.26. The molecule has 0 fully saturated rings. The summed E-state index contributed by atoms with van der Waals surface area (Å²) in [5, 5.41) is 6.28. The van der Waals surface area contributed by atoms with Gasteiger partial charge in [-0.15, -0.1) is 0 Å². The van der Waals surface area contributed by atoms with Crippen LogP contribution < -0.4 is 10.6 Å². The maximum Gasteiger partial charge on any atom is 0.221 e. The highest BCUT2D eigenvalue weighted by atomic mass is 16.1. The first-order valence-corrected chi connectivity index (χ1v) is 7.26. The third-order valence-electron chi connectivity index (χ3n) is 3.21. The second-order valence-electron chi connectivity index (χ2n) is 4.97. The van der Waals surface area contributed by atoms with E-state index < -0.39 is 0 Å². The molecular formula is C16H26N2O. The zero-order chi connectivity index (χ0) is 13.9. The minimum absolute atomic E-state index is 0.143. The van der Waals surface area contributed by atoms with Gasteiger partial charge in [-0.2, -0.15) is 0 Å². The number of aryl methyl sites for hydroxylation is 1. The summed E-state index contributed by atoms with van der Waals surface area (Å²) in [4.78, 5) is 11.5. The molecule has 1 rings (SSSR count). The molecule has 0 bridgehead atoms. The van der Waals surface area contributed by atoms with E-state index in [9.17, 15) is 4.79 Å². The third-order valence-corrected chi connectivity index (χ3v) is 3.21. The van der Waals surface area contributed by atoms with Crippen molar-refractivity contribution < 1.29 is 4.79 Å². The summed E-state index contributed by atoms with van der Waals surface area (Å²) in [7, 11) is 0. The first-order chi connectivity index (χ1) is 9.22. The average molecular weight is 262 g/mol. The fraction of sp³-hybridized carbons (Fsp3) is 0.562. The SMILES string of the molecule is CCC(C)NC(=O)CCNCCCc1ccccc1. The van der Waals surface area contributed by atoms with Crippen LogP contribution in [0.15, 0.2) is 30.3 Å². The molecule has 3 heteroatoms. The minimum Gasteiger partial charge on any atom is -0.354 e. The topological polar surface area (TPSA) is 41.1 Å². The van der Waals surface area contributed by atoms with Crippen molar-refractivity contribution in [3.63, 3.8) is 0 Å². The molecule has 0 aliphatic rings. The molecule has 0 spiro atoms. The molecule has 2 N–H and O–H groups in total. The second-order valence-corrected chi connectivity index (χ2v) is 4.97. The molecule has 0 saturated carbocycles. The number of nitrogens with one attached hydrogen (secondary N) is 2. The fourth-order valence-corrected chi connectivity index (χ4v) is 1.84. The highest BCUT2D eigenvalue weighted by Crippen LogP contribution is 2.01. The Balaban J connectivity index is 1.98. The largest absolute Gasteiger partial charge is 0.354 e. The number of carbonyl (C=O) groups excluding carboxylic acids is 1. The maximum atomic E-state index is 11.5. The Morgan fingerprint density at radius 1 is 1.21 bits per heavy atom. The van der Waals surface area contributed by atoms with E-state index in [-0.39, 0.29) is 11.9 Å². The predicted octanol–water partition coefficient (Wildman–Crippen LogP) is 2.51.